The zero-order valence-corrected chi connectivity index (χ0v) is 30.2. The summed E-state index contributed by atoms with van der Waals surface area (Å²) in [7, 11) is 0. The van der Waals surface area contributed by atoms with Gasteiger partial charge in [0.05, 0.1) is 6.85 Å². The largest absolute Gasteiger partial charge is 0.208 e. The molecule has 0 amide bonds. The molecule has 0 saturated carbocycles. The highest BCUT2D eigenvalue weighted by Crippen LogP contribution is 2.46. The average Bonchev–Trinajstić information content (AvgIpc) is 3.70. The number of hydrogen-bond donors (Lipinski definition) is 0. The van der Waals surface area contributed by atoms with Crippen molar-refractivity contribution in [3.8, 4) is 78.7 Å². The van der Waals surface area contributed by atoms with E-state index in [2.05, 4.69) is 54.6 Å². The van der Waals surface area contributed by atoms with Gasteiger partial charge in [0.15, 0.2) is 17.5 Å². The molecular formula is C51H33N3S. The molecule has 0 atom stereocenters. The standard InChI is InChI=1S/C51H33N3S/c1-5-15-34(16-6-1)37-27-29-39(30-28-37)49-52-50(41-24-13-23-40(31-41)35-17-7-2-8-18-35)54-51(53-49)43-25-14-26-46-47(43)45-33-42(36-19-9-3-10-20-36)32-44(48(45)55-46)38-21-11-4-12-22-38/h1-33H/i4D,11D,12D,21D,22D. The highest BCUT2D eigenvalue weighted by molar-refractivity contribution is 7.26. The second kappa shape index (κ2) is 14.1. The lowest BCUT2D eigenvalue weighted by Gasteiger charge is -2.12. The van der Waals surface area contributed by atoms with E-state index >= 15 is 0 Å². The monoisotopic (exact) mass is 724 g/mol. The Morgan fingerprint density at radius 1 is 0.364 bits per heavy atom. The van der Waals surface area contributed by atoms with E-state index in [1.54, 1.807) is 0 Å². The number of nitrogens with zero attached hydrogens (tertiary/aromatic N) is 3. The van der Waals surface area contributed by atoms with Crippen LogP contribution in [0.4, 0.5) is 0 Å². The molecule has 0 unspecified atom stereocenters. The maximum atomic E-state index is 8.98. The summed E-state index contributed by atoms with van der Waals surface area (Å²) in [6.45, 7) is 0. The molecule has 0 spiro atoms. The Morgan fingerprint density at radius 2 is 0.891 bits per heavy atom. The Morgan fingerprint density at radius 3 is 1.58 bits per heavy atom. The Hall–Kier alpha value is -7.01. The van der Waals surface area contributed by atoms with Crippen LogP contribution < -0.4 is 0 Å². The van der Waals surface area contributed by atoms with Crippen LogP contribution in [-0.2, 0) is 0 Å². The first-order chi connectivity index (χ1) is 29.3. The Balaban J connectivity index is 1.23. The fourth-order valence-electron chi connectivity index (χ4n) is 7.15. The molecule has 10 aromatic rings. The second-order valence-corrected chi connectivity index (χ2v) is 14.3. The minimum absolute atomic E-state index is 0.166. The van der Waals surface area contributed by atoms with E-state index in [1.165, 1.54) is 11.3 Å². The quantitative estimate of drug-likeness (QED) is 0.164. The molecule has 258 valence electrons. The Bertz CT molecular complexity index is 3220. The molecule has 0 bridgehead atoms. The van der Waals surface area contributed by atoms with Crippen LogP contribution in [0.1, 0.15) is 6.85 Å². The van der Waals surface area contributed by atoms with Crippen molar-refractivity contribution in [2.24, 2.45) is 0 Å². The summed E-state index contributed by atoms with van der Waals surface area (Å²) in [5, 5.41) is 1.78. The number of benzene rings is 8. The molecule has 8 aromatic carbocycles. The average molecular weight is 725 g/mol. The molecule has 0 radical (unpaired) electrons. The molecule has 10 rings (SSSR count). The lowest BCUT2D eigenvalue weighted by molar-refractivity contribution is 1.08. The third-order valence-corrected chi connectivity index (χ3v) is 11.0. The van der Waals surface area contributed by atoms with Crippen LogP contribution in [0.5, 0.6) is 0 Å². The van der Waals surface area contributed by atoms with Crippen LogP contribution in [0, 0.1) is 0 Å². The van der Waals surface area contributed by atoms with Gasteiger partial charge >= 0.3 is 0 Å². The van der Waals surface area contributed by atoms with Gasteiger partial charge in [-0.2, -0.15) is 0 Å². The van der Waals surface area contributed by atoms with Crippen LogP contribution in [0.2, 0.25) is 0 Å². The molecule has 4 heteroatoms. The minimum atomic E-state index is -0.423. The minimum Gasteiger partial charge on any atom is -0.208 e. The van der Waals surface area contributed by atoms with E-state index in [0.717, 1.165) is 70.2 Å². The molecular weight excluding hydrogens is 687 g/mol. The molecule has 2 heterocycles. The Labute approximate surface area is 331 Å². The molecule has 0 aliphatic heterocycles. The van der Waals surface area contributed by atoms with Crippen molar-refractivity contribution < 1.29 is 6.85 Å². The fraction of sp³-hybridized carbons (Fsp3) is 0. The van der Waals surface area contributed by atoms with E-state index in [0.29, 0.717) is 23.0 Å². The number of hydrogen-bond acceptors (Lipinski definition) is 4. The van der Waals surface area contributed by atoms with Gasteiger partial charge in [0, 0.05) is 42.4 Å². The molecule has 3 nitrogen and oxygen atoms in total. The normalized spacial score (nSPS) is 12.5. The smallest absolute Gasteiger partial charge is 0.164 e. The van der Waals surface area contributed by atoms with Gasteiger partial charge in [0.25, 0.3) is 0 Å². The van der Waals surface area contributed by atoms with E-state index in [4.69, 9.17) is 21.8 Å². The van der Waals surface area contributed by atoms with Crippen molar-refractivity contribution >= 4 is 31.5 Å². The van der Waals surface area contributed by atoms with E-state index in [1.807, 2.05) is 115 Å². The van der Waals surface area contributed by atoms with Gasteiger partial charge in [-0.15, -0.1) is 11.3 Å². The lowest BCUT2D eigenvalue weighted by atomic mass is 9.95. The molecule has 0 saturated heterocycles. The maximum absolute atomic E-state index is 8.98. The maximum Gasteiger partial charge on any atom is 0.164 e. The summed E-state index contributed by atoms with van der Waals surface area (Å²) in [5.41, 5.74) is 9.35. The number of rotatable bonds is 7. The molecule has 0 aliphatic rings. The van der Waals surface area contributed by atoms with Gasteiger partial charge in [0.1, 0.15) is 0 Å². The van der Waals surface area contributed by atoms with Crippen molar-refractivity contribution in [2.75, 3.05) is 0 Å². The predicted octanol–water partition coefficient (Wildman–Crippen LogP) is 13.9. The van der Waals surface area contributed by atoms with Gasteiger partial charge < -0.3 is 0 Å². The van der Waals surface area contributed by atoms with Gasteiger partial charge in [-0.3, -0.25) is 0 Å². The third kappa shape index (κ3) is 6.29. The van der Waals surface area contributed by atoms with Gasteiger partial charge in [-0.05, 0) is 63.2 Å². The molecule has 0 fully saturated rings. The van der Waals surface area contributed by atoms with Crippen LogP contribution in [0.15, 0.2) is 200 Å². The van der Waals surface area contributed by atoms with E-state index in [-0.39, 0.29) is 29.7 Å². The SMILES string of the molecule is [2H]c1c([2H])c([2H])c(-c2cc(-c3ccccc3)cc3c2sc2cccc(-c4nc(-c5ccc(-c6ccccc6)cc5)nc(-c5cccc(-c6ccccc6)c5)n4)c23)c([2H])c1[2H]. The molecule has 0 N–H and O–H groups in total. The summed E-state index contributed by atoms with van der Waals surface area (Å²) in [6, 6.07) is 55.4. The first-order valence-electron chi connectivity index (χ1n) is 20.5. The summed E-state index contributed by atoms with van der Waals surface area (Å²) >= 11 is 1.52. The highest BCUT2D eigenvalue weighted by atomic mass is 32.1. The van der Waals surface area contributed by atoms with Gasteiger partial charge in [-0.25, -0.2) is 15.0 Å². The number of aromatic nitrogens is 3. The van der Waals surface area contributed by atoms with Gasteiger partial charge in [-0.1, -0.05) is 176 Å². The van der Waals surface area contributed by atoms with Crippen LogP contribution >= 0.6 is 11.3 Å². The molecule has 0 aliphatic carbocycles. The number of thiophene rings is 1. The van der Waals surface area contributed by atoms with Crippen molar-refractivity contribution in [3.63, 3.8) is 0 Å². The lowest BCUT2D eigenvalue weighted by Crippen LogP contribution is -2.00. The summed E-state index contributed by atoms with van der Waals surface area (Å²) < 4.78 is 45.1. The van der Waals surface area contributed by atoms with Crippen molar-refractivity contribution in [3.05, 3.63) is 200 Å². The second-order valence-electron chi connectivity index (χ2n) is 13.2. The first-order valence-corrected chi connectivity index (χ1v) is 18.8. The summed E-state index contributed by atoms with van der Waals surface area (Å²) in [5.74, 6) is 1.55. The van der Waals surface area contributed by atoms with E-state index in [9.17, 15) is 0 Å². The fourth-order valence-corrected chi connectivity index (χ4v) is 8.38. The predicted molar refractivity (Wildman–Crippen MR) is 231 cm³/mol. The highest BCUT2D eigenvalue weighted by Gasteiger charge is 2.20. The topological polar surface area (TPSA) is 38.7 Å². The molecule has 2 aromatic heterocycles. The third-order valence-electron chi connectivity index (χ3n) is 9.83. The van der Waals surface area contributed by atoms with E-state index < -0.39 is 6.04 Å². The van der Waals surface area contributed by atoms with Crippen LogP contribution in [0.3, 0.4) is 0 Å². The number of fused-ring (bicyclic) bond motifs is 3. The summed E-state index contributed by atoms with van der Waals surface area (Å²) in [6.07, 6.45) is 0. The summed E-state index contributed by atoms with van der Waals surface area (Å²) in [4.78, 5) is 15.5. The van der Waals surface area contributed by atoms with Gasteiger partial charge in [0.2, 0.25) is 0 Å². The zero-order valence-electron chi connectivity index (χ0n) is 34.4. The molecule has 55 heavy (non-hydrogen) atoms. The zero-order chi connectivity index (χ0) is 40.9. The van der Waals surface area contributed by atoms with Crippen LogP contribution in [-0.4, -0.2) is 15.0 Å². The van der Waals surface area contributed by atoms with Crippen LogP contribution in [0.25, 0.3) is 98.8 Å². The van der Waals surface area contributed by atoms with Crippen molar-refractivity contribution in [1.82, 2.24) is 15.0 Å². The van der Waals surface area contributed by atoms with Crippen molar-refractivity contribution in [2.45, 2.75) is 0 Å². The first kappa shape index (κ1) is 27.6. The Kier molecular flexibility index (Phi) is 7.06. The van der Waals surface area contributed by atoms with Crippen molar-refractivity contribution in [1.29, 1.82) is 0 Å².